The molecule has 0 saturated carbocycles. The first-order valence-electron chi connectivity index (χ1n) is 8.35. The topological polar surface area (TPSA) is 105 Å². The van der Waals surface area contributed by atoms with E-state index in [4.69, 9.17) is 11.6 Å². The van der Waals surface area contributed by atoms with Crippen LogP contribution in [-0.2, 0) is 26.8 Å². The molecule has 0 aliphatic rings. The van der Waals surface area contributed by atoms with E-state index >= 15 is 0 Å². The molecule has 1 aromatic carbocycles. The highest BCUT2D eigenvalue weighted by Crippen LogP contribution is 2.35. The first-order chi connectivity index (χ1) is 14.1. The fourth-order valence-electron chi connectivity index (χ4n) is 3.08. The quantitative estimate of drug-likeness (QED) is 0.473. The summed E-state index contributed by atoms with van der Waals surface area (Å²) in [5.41, 5.74) is -2.29. The number of aromatic nitrogens is 8. The van der Waals surface area contributed by atoms with Gasteiger partial charge in [0.15, 0.2) is 17.0 Å². The van der Waals surface area contributed by atoms with E-state index < -0.39 is 23.0 Å². The second kappa shape index (κ2) is 6.79. The molecule has 0 unspecified atom stereocenters. The Bertz CT molecular complexity index is 1400. The van der Waals surface area contributed by atoms with Crippen LogP contribution in [0.2, 0.25) is 5.02 Å². The van der Waals surface area contributed by atoms with E-state index in [0.29, 0.717) is 0 Å². The smallest absolute Gasteiger partial charge is 0.317 e. The van der Waals surface area contributed by atoms with Crippen molar-refractivity contribution in [3.05, 3.63) is 61.8 Å². The Morgan fingerprint density at radius 3 is 2.57 bits per heavy atom. The van der Waals surface area contributed by atoms with Crippen molar-refractivity contribution < 1.29 is 13.2 Å². The Morgan fingerprint density at radius 1 is 1.13 bits per heavy atom. The first kappa shape index (κ1) is 19.8. The number of fused-ring (bicyclic) bond motifs is 1. The normalized spacial score (nSPS) is 12.1. The lowest BCUT2D eigenvalue weighted by atomic mass is 10.1. The highest BCUT2D eigenvalue weighted by atomic mass is 35.5. The Balaban J connectivity index is 1.86. The van der Waals surface area contributed by atoms with Gasteiger partial charge in [0.1, 0.15) is 0 Å². The summed E-state index contributed by atoms with van der Waals surface area (Å²) in [6.07, 6.45) is -3.41. The molecular weight excluding hydrogens is 429 g/mol. The van der Waals surface area contributed by atoms with Crippen molar-refractivity contribution in [1.29, 1.82) is 0 Å². The van der Waals surface area contributed by atoms with Crippen LogP contribution in [0.1, 0.15) is 11.4 Å². The largest absolute Gasteiger partial charge is 0.418 e. The van der Waals surface area contributed by atoms with Crippen LogP contribution in [0.25, 0.3) is 16.9 Å². The summed E-state index contributed by atoms with van der Waals surface area (Å²) in [5, 5.41) is 10.8. The first-order valence-corrected chi connectivity index (χ1v) is 8.72. The molecule has 0 aliphatic carbocycles. The number of nitrogens with zero attached hydrogens (tertiary/aromatic N) is 8. The Hall–Kier alpha value is -3.48. The summed E-state index contributed by atoms with van der Waals surface area (Å²) in [6, 6.07) is 3.22. The van der Waals surface area contributed by atoms with Gasteiger partial charge in [0.25, 0.3) is 5.56 Å². The van der Waals surface area contributed by atoms with Crippen LogP contribution in [0, 0.1) is 0 Å². The third kappa shape index (κ3) is 3.07. The zero-order chi connectivity index (χ0) is 21.8. The lowest BCUT2D eigenvalue weighted by Crippen LogP contribution is -2.37. The molecule has 0 N–H and O–H groups in total. The number of hydrogen-bond acceptors (Lipinski definition) is 6. The van der Waals surface area contributed by atoms with Crippen LogP contribution in [-0.4, -0.2) is 38.9 Å². The summed E-state index contributed by atoms with van der Waals surface area (Å²) < 4.78 is 44.8. The summed E-state index contributed by atoms with van der Waals surface area (Å²) in [4.78, 5) is 28.7. The summed E-state index contributed by atoms with van der Waals surface area (Å²) in [7, 11) is 2.77. The molecule has 0 radical (unpaired) electrons. The zero-order valence-electron chi connectivity index (χ0n) is 15.4. The van der Waals surface area contributed by atoms with E-state index in [1.165, 1.54) is 35.6 Å². The fraction of sp³-hybridized carbons (Fsp3) is 0.250. The average molecular weight is 441 g/mol. The van der Waals surface area contributed by atoms with Gasteiger partial charge in [-0.25, -0.2) is 9.78 Å². The van der Waals surface area contributed by atoms with Gasteiger partial charge in [0.2, 0.25) is 0 Å². The van der Waals surface area contributed by atoms with Crippen molar-refractivity contribution in [3.8, 4) is 5.69 Å². The van der Waals surface area contributed by atoms with Crippen LogP contribution in [0.15, 0.2) is 34.1 Å². The molecule has 0 aliphatic heterocycles. The molecule has 0 saturated heterocycles. The molecule has 3 heterocycles. The maximum Gasteiger partial charge on any atom is 0.418 e. The number of imidazole rings is 1. The predicted molar refractivity (Wildman–Crippen MR) is 98.5 cm³/mol. The maximum atomic E-state index is 13.5. The van der Waals surface area contributed by atoms with Gasteiger partial charge in [-0.1, -0.05) is 11.6 Å². The molecular formula is C16H12ClF3N8O2. The number of hydrogen-bond donors (Lipinski definition) is 0. The lowest BCUT2D eigenvalue weighted by molar-refractivity contribution is -0.137. The van der Waals surface area contributed by atoms with Gasteiger partial charge in [-0.15, -0.1) is 5.10 Å². The van der Waals surface area contributed by atoms with E-state index in [0.717, 1.165) is 21.4 Å². The predicted octanol–water partition coefficient (Wildman–Crippen LogP) is 1.13. The number of tetrazole rings is 1. The van der Waals surface area contributed by atoms with Gasteiger partial charge in [-0.2, -0.15) is 17.9 Å². The summed E-state index contributed by atoms with van der Waals surface area (Å²) in [5.74, 6) is 0.0121. The lowest BCUT2D eigenvalue weighted by Gasteiger charge is -2.14. The van der Waals surface area contributed by atoms with Crippen LogP contribution in [0.4, 0.5) is 13.2 Å². The zero-order valence-corrected chi connectivity index (χ0v) is 16.2. The van der Waals surface area contributed by atoms with Crippen molar-refractivity contribution in [2.75, 3.05) is 0 Å². The minimum atomic E-state index is -4.70. The van der Waals surface area contributed by atoms with Crippen LogP contribution < -0.4 is 11.2 Å². The molecule has 30 heavy (non-hydrogen) atoms. The van der Waals surface area contributed by atoms with Crippen LogP contribution >= 0.6 is 11.6 Å². The maximum absolute atomic E-state index is 13.5. The number of halogens is 4. The molecule has 14 heteroatoms. The minimum absolute atomic E-state index is 0.0121. The minimum Gasteiger partial charge on any atom is -0.317 e. The highest BCUT2D eigenvalue weighted by molar-refractivity contribution is 6.30. The molecule has 156 valence electrons. The molecule has 0 amide bonds. The van der Waals surface area contributed by atoms with Gasteiger partial charge in [0, 0.05) is 19.1 Å². The van der Waals surface area contributed by atoms with Crippen molar-refractivity contribution >= 4 is 22.8 Å². The number of benzene rings is 1. The fourth-order valence-corrected chi connectivity index (χ4v) is 3.25. The van der Waals surface area contributed by atoms with Crippen LogP contribution in [0.3, 0.4) is 0 Å². The van der Waals surface area contributed by atoms with Crippen molar-refractivity contribution in [2.24, 2.45) is 14.1 Å². The second-order valence-corrected chi connectivity index (χ2v) is 6.85. The monoisotopic (exact) mass is 440 g/mol. The Labute approximate surface area is 169 Å². The Kier molecular flexibility index (Phi) is 4.49. The SMILES string of the molecule is Cn1c(=O)c2c(ncn2Cc2nnnn2-c2ccc(Cl)cc2C(F)(F)F)n(C)c1=O. The van der Waals surface area contributed by atoms with Gasteiger partial charge in [-0.3, -0.25) is 13.9 Å². The molecule has 0 fully saturated rings. The van der Waals surface area contributed by atoms with Crippen molar-refractivity contribution in [2.45, 2.75) is 12.7 Å². The highest BCUT2D eigenvalue weighted by Gasteiger charge is 2.35. The summed E-state index contributed by atoms with van der Waals surface area (Å²) in [6.45, 7) is -0.170. The average Bonchev–Trinajstić information content (AvgIpc) is 3.31. The van der Waals surface area contributed by atoms with Gasteiger partial charge in [-0.05, 0) is 28.6 Å². The molecule has 10 nitrogen and oxygen atoms in total. The van der Waals surface area contributed by atoms with Crippen LogP contribution in [0.5, 0.6) is 0 Å². The standard InChI is InChI=1S/C16H12ClF3N8O2/c1-25-13-12(14(29)26(2)15(25)30)27(7-21-13)6-11-22-23-24-28(11)10-4-3-8(17)5-9(10)16(18,19)20/h3-5,7H,6H2,1-2H3. The third-order valence-corrected chi connectivity index (χ3v) is 4.79. The van der Waals surface area contributed by atoms with E-state index in [9.17, 15) is 22.8 Å². The number of rotatable bonds is 3. The Morgan fingerprint density at radius 2 is 1.87 bits per heavy atom. The van der Waals surface area contributed by atoms with Gasteiger partial charge >= 0.3 is 11.9 Å². The molecule has 4 aromatic rings. The number of aryl methyl sites for hydroxylation is 1. The number of alkyl halides is 3. The van der Waals surface area contributed by atoms with Gasteiger partial charge in [0.05, 0.1) is 24.1 Å². The summed E-state index contributed by atoms with van der Waals surface area (Å²) >= 11 is 5.73. The molecule has 0 atom stereocenters. The molecule has 0 bridgehead atoms. The second-order valence-electron chi connectivity index (χ2n) is 6.42. The van der Waals surface area contributed by atoms with E-state index in [1.807, 2.05) is 0 Å². The molecule has 4 rings (SSSR count). The molecule has 0 spiro atoms. The molecule has 3 aromatic heterocycles. The van der Waals surface area contributed by atoms with Crippen molar-refractivity contribution in [3.63, 3.8) is 0 Å². The van der Waals surface area contributed by atoms with E-state index in [-0.39, 0.29) is 34.2 Å². The van der Waals surface area contributed by atoms with E-state index in [1.54, 1.807) is 0 Å². The van der Waals surface area contributed by atoms with Crippen molar-refractivity contribution in [1.82, 2.24) is 38.9 Å². The third-order valence-electron chi connectivity index (χ3n) is 4.56. The van der Waals surface area contributed by atoms with Gasteiger partial charge < -0.3 is 4.57 Å². The van der Waals surface area contributed by atoms with E-state index in [2.05, 4.69) is 20.5 Å².